The second-order valence-electron chi connectivity index (χ2n) is 9.11. The highest BCUT2D eigenvalue weighted by molar-refractivity contribution is 7.89. The Balaban J connectivity index is 2.21. The van der Waals surface area contributed by atoms with E-state index in [4.69, 9.17) is 10.5 Å². The third-order valence-electron chi connectivity index (χ3n) is 4.82. The van der Waals surface area contributed by atoms with Crippen LogP contribution < -0.4 is 10.5 Å². The highest BCUT2D eigenvalue weighted by Gasteiger charge is 2.32. The molecule has 8 heteroatoms. The molecule has 2 aromatic carbocycles. The fraction of sp³-hybridized carbons (Fsp3) is 0.417. The van der Waals surface area contributed by atoms with Gasteiger partial charge in [-0.1, -0.05) is 50.2 Å². The number of carbonyl (C=O) groups is 2. The molecule has 0 aliphatic rings. The van der Waals surface area contributed by atoms with E-state index in [-0.39, 0.29) is 16.6 Å². The van der Waals surface area contributed by atoms with Crippen molar-refractivity contribution in [3.63, 3.8) is 0 Å². The molecule has 0 spiro atoms. The molecule has 0 saturated carbocycles. The van der Waals surface area contributed by atoms with E-state index in [1.807, 2.05) is 12.1 Å². The number of hydrogen-bond acceptors (Lipinski definition) is 6. The zero-order valence-corrected chi connectivity index (χ0v) is 20.2. The van der Waals surface area contributed by atoms with Crippen molar-refractivity contribution in [3.05, 3.63) is 54.1 Å². The van der Waals surface area contributed by atoms with Crippen LogP contribution in [0.15, 0.2) is 53.4 Å². The number of rotatable bonds is 8. The van der Waals surface area contributed by atoms with Crippen molar-refractivity contribution < 1.29 is 22.7 Å². The molecule has 0 fully saturated rings. The standard InChI is InChI=1S/C24H32N2O5S/c1-15(2)22(23(28)31-24(4,5)6)26-32(29,30)20-13-11-18(12-14-20)17-7-9-19(10-8-17)21(25)16(3)27/h7-15,21-22,26H,25H2,1-6H3. The molecule has 0 aromatic heterocycles. The fourth-order valence-electron chi connectivity index (χ4n) is 3.00. The van der Waals surface area contributed by atoms with E-state index in [0.29, 0.717) is 5.56 Å². The van der Waals surface area contributed by atoms with Gasteiger partial charge in [0.2, 0.25) is 10.0 Å². The van der Waals surface area contributed by atoms with E-state index in [9.17, 15) is 18.0 Å². The molecule has 174 valence electrons. The quantitative estimate of drug-likeness (QED) is 0.582. The summed E-state index contributed by atoms with van der Waals surface area (Å²) in [5.74, 6) is -1.03. The van der Waals surface area contributed by atoms with Gasteiger partial charge in [0.05, 0.1) is 10.9 Å². The lowest BCUT2D eigenvalue weighted by molar-refractivity contribution is -0.158. The van der Waals surface area contributed by atoms with Gasteiger partial charge >= 0.3 is 5.97 Å². The summed E-state index contributed by atoms with van der Waals surface area (Å²) in [5.41, 5.74) is 7.51. The molecular weight excluding hydrogens is 428 g/mol. The number of nitrogens with one attached hydrogen (secondary N) is 1. The van der Waals surface area contributed by atoms with Crippen LogP contribution in [-0.4, -0.2) is 31.8 Å². The summed E-state index contributed by atoms with van der Waals surface area (Å²) in [6, 6.07) is 11.9. The zero-order chi connectivity index (χ0) is 24.3. The molecule has 32 heavy (non-hydrogen) atoms. The van der Waals surface area contributed by atoms with Gasteiger partial charge in [-0.3, -0.25) is 9.59 Å². The summed E-state index contributed by atoms with van der Waals surface area (Å²) in [6.45, 7) is 10.1. The average Bonchev–Trinajstić information content (AvgIpc) is 2.70. The molecule has 2 rings (SSSR count). The van der Waals surface area contributed by atoms with Gasteiger partial charge in [-0.05, 0) is 62.4 Å². The van der Waals surface area contributed by atoms with E-state index >= 15 is 0 Å². The van der Waals surface area contributed by atoms with Crippen molar-refractivity contribution in [2.45, 2.75) is 64.1 Å². The number of nitrogens with two attached hydrogens (primary N) is 1. The molecule has 2 unspecified atom stereocenters. The summed E-state index contributed by atoms with van der Waals surface area (Å²) in [4.78, 5) is 24.0. The molecule has 2 aromatic rings. The summed E-state index contributed by atoms with van der Waals surface area (Å²) >= 11 is 0. The van der Waals surface area contributed by atoms with Gasteiger partial charge in [-0.25, -0.2) is 8.42 Å². The molecule has 0 aliphatic carbocycles. The normalized spacial score (nSPS) is 14.1. The Morgan fingerprint density at radius 3 is 1.81 bits per heavy atom. The highest BCUT2D eigenvalue weighted by Crippen LogP contribution is 2.24. The van der Waals surface area contributed by atoms with Crippen LogP contribution in [-0.2, 0) is 24.3 Å². The van der Waals surface area contributed by atoms with Gasteiger partial charge in [0.1, 0.15) is 11.6 Å². The van der Waals surface area contributed by atoms with Gasteiger partial charge < -0.3 is 10.5 Å². The predicted molar refractivity (Wildman–Crippen MR) is 124 cm³/mol. The van der Waals surface area contributed by atoms with E-state index in [1.165, 1.54) is 19.1 Å². The monoisotopic (exact) mass is 460 g/mol. The van der Waals surface area contributed by atoms with E-state index in [2.05, 4.69) is 4.72 Å². The van der Waals surface area contributed by atoms with Gasteiger partial charge in [0.25, 0.3) is 0 Å². The number of carbonyl (C=O) groups excluding carboxylic acids is 2. The molecule has 2 atom stereocenters. The van der Waals surface area contributed by atoms with Crippen LogP contribution in [0.1, 0.15) is 53.1 Å². The van der Waals surface area contributed by atoms with Crippen molar-refractivity contribution in [3.8, 4) is 11.1 Å². The lowest BCUT2D eigenvalue weighted by atomic mass is 10.00. The van der Waals surface area contributed by atoms with Crippen molar-refractivity contribution >= 4 is 21.8 Å². The van der Waals surface area contributed by atoms with Crippen LogP contribution in [0, 0.1) is 5.92 Å². The molecule has 3 N–H and O–H groups in total. The highest BCUT2D eigenvalue weighted by atomic mass is 32.2. The third kappa shape index (κ3) is 6.72. The Bertz CT molecular complexity index is 1050. The molecule has 7 nitrogen and oxygen atoms in total. The number of sulfonamides is 1. The van der Waals surface area contributed by atoms with E-state index in [0.717, 1.165) is 11.1 Å². The lowest BCUT2D eigenvalue weighted by Crippen LogP contribution is -2.47. The van der Waals surface area contributed by atoms with Crippen LogP contribution in [0.5, 0.6) is 0 Å². The maximum atomic E-state index is 12.9. The van der Waals surface area contributed by atoms with Crippen LogP contribution in [0.4, 0.5) is 0 Å². The maximum absolute atomic E-state index is 12.9. The largest absolute Gasteiger partial charge is 0.459 e. The molecular formula is C24H32N2O5S. The van der Waals surface area contributed by atoms with Gasteiger partial charge in [-0.15, -0.1) is 0 Å². The Morgan fingerprint density at radius 2 is 1.41 bits per heavy atom. The number of Topliss-reactive ketones (excluding diaryl/α,β-unsaturated/α-hetero) is 1. The molecule has 0 heterocycles. The summed E-state index contributed by atoms with van der Waals surface area (Å²) in [5, 5.41) is 0. The van der Waals surface area contributed by atoms with E-state index < -0.39 is 33.7 Å². The molecule has 0 saturated heterocycles. The minimum atomic E-state index is -3.94. The average molecular weight is 461 g/mol. The molecule has 0 bridgehead atoms. The summed E-state index contributed by atoms with van der Waals surface area (Å²) in [7, 11) is -3.94. The Kier molecular flexibility index (Phi) is 7.98. The second-order valence-corrected chi connectivity index (χ2v) is 10.8. The maximum Gasteiger partial charge on any atom is 0.324 e. The van der Waals surface area contributed by atoms with Crippen molar-refractivity contribution in [1.29, 1.82) is 0 Å². The second kappa shape index (κ2) is 9.94. The first-order valence-electron chi connectivity index (χ1n) is 10.4. The van der Waals surface area contributed by atoms with Crippen LogP contribution in [0.3, 0.4) is 0 Å². The first kappa shape index (κ1) is 25.7. The third-order valence-corrected chi connectivity index (χ3v) is 6.27. The zero-order valence-electron chi connectivity index (χ0n) is 19.4. The van der Waals surface area contributed by atoms with Crippen molar-refractivity contribution in [2.24, 2.45) is 11.7 Å². The van der Waals surface area contributed by atoms with Gasteiger partial charge in [0.15, 0.2) is 5.78 Å². The molecule has 0 amide bonds. The number of ketones is 1. The van der Waals surface area contributed by atoms with Gasteiger partial charge in [0, 0.05) is 0 Å². The smallest absolute Gasteiger partial charge is 0.324 e. The molecule has 0 radical (unpaired) electrons. The topological polar surface area (TPSA) is 116 Å². The first-order valence-corrected chi connectivity index (χ1v) is 11.9. The number of benzene rings is 2. The number of esters is 1. The fourth-order valence-corrected chi connectivity index (χ4v) is 4.33. The summed E-state index contributed by atoms with van der Waals surface area (Å²) in [6.07, 6.45) is 0. The first-order chi connectivity index (χ1) is 14.7. The number of hydrogen-bond donors (Lipinski definition) is 2. The predicted octanol–water partition coefficient (Wildman–Crippen LogP) is 3.59. The minimum absolute atomic E-state index is 0.0469. The summed E-state index contributed by atoms with van der Waals surface area (Å²) < 4.78 is 33.6. The van der Waals surface area contributed by atoms with Crippen LogP contribution in [0.25, 0.3) is 11.1 Å². The Labute approximate surface area is 190 Å². The van der Waals surface area contributed by atoms with Crippen molar-refractivity contribution in [1.82, 2.24) is 4.72 Å². The van der Waals surface area contributed by atoms with E-state index in [1.54, 1.807) is 58.9 Å². The Morgan fingerprint density at radius 1 is 0.938 bits per heavy atom. The van der Waals surface area contributed by atoms with Crippen LogP contribution >= 0.6 is 0 Å². The minimum Gasteiger partial charge on any atom is -0.459 e. The van der Waals surface area contributed by atoms with Crippen LogP contribution in [0.2, 0.25) is 0 Å². The SMILES string of the molecule is CC(=O)C(N)c1ccc(-c2ccc(S(=O)(=O)NC(C(=O)OC(C)(C)C)C(C)C)cc2)cc1. The molecule has 0 aliphatic heterocycles. The number of ether oxygens (including phenoxy) is 1. The van der Waals surface area contributed by atoms with Crippen molar-refractivity contribution in [2.75, 3.05) is 0 Å². The van der Waals surface area contributed by atoms with Gasteiger partial charge in [-0.2, -0.15) is 4.72 Å². The Hall–Kier alpha value is -2.55. The lowest BCUT2D eigenvalue weighted by Gasteiger charge is -2.26.